The highest BCUT2D eigenvalue weighted by atomic mass is 15.3. The van der Waals surface area contributed by atoms with Crippen LogP contribution in [0.15, 0.2) is 6.33 Å². The molecule has 1 atom stereocenters. The lowest BCUT2D eigenvalue weighted by Gasteiger charge is -2.27. The molecule has 5 nitrogen and oxygen atoms in total. The molecule has 0 radical (unpaired) electrons. The molecule has 0 bridgehead atoms. The Balaban J connectivity index is 1.41. The molecule has 2 aliphatic rings. The molecule has 3 heterocycles. The normalized spacial score (nSPS) is 25.1. The van der Waals surface area contributed by atoms with Crippen LogP contribution in [0.4, 0.5) is 0 Å². The van der Waals surface area contributed by atoms with Crippen LogP contribution in [0.25, 0.3) is 0 Å². The molecule has 17 heavy (non-hydrogen) atoms. The first-order valence-electron chi connectivity index (χ1n) is 6.74. The van der Waals surface area contributed by atoms with Gasteiger partial charge in [-0.05, 0) is 38.8 Å². The zero-order chi connectivity index (χ0) is 11.5. The molecule has 0 aromatic carbocycles. The standard InChI is InChI=1S/C12H21N5/c1-3-11(13-5-1)4-2-6-16-7-8-17-10-14-15-12(17)9-16/h10-11,13H,1-9H2. The van der Waals surface area contributed by atoms with Gasteiger partial charge in [0.2, 0.25) is 0 Å². The average Bonchev–Trinajstić information content (AvgIpc) is 2.98. The van der Waals surface area contributed by atoms with Gasteiger partial charge in [0.25, 0.3) is 0 Å². The molecule has 1 fully saturated rings. The van der Waals surface area contributed by atoms with Crippen LogP contribution < -0.4 is 5.32 Å². The number of hydrogen-bond acceptors (Lipinski definition) is 4. The molecule has 5 heteroatoms. The van der Waals surface area contributed by atoms with E-state index in [-0.39, 0.29) is 0 Å². The Morgan fingerprint density at radius 3 is 3.29 bits per heavy atom. The summed E-state index contributed by atoms with van der Waals surface area (Å²) in [6.45, 7) is 5.58. The van der Waals surface area contributed by atoms with Crippen molar-refractivity contribution in [3.63, 3.8) is 0 Å². The largest absolute Gasteiger partial charge is 0.315 e. The fourth-order valence-electron chi connectivity index (χ4n) is 2.87. The minimum atomic E-state index is 0.781. The molecule has 0 aliphatic carbocycles. The summed E-state index contributed by atoms with van der Waals surface area (Å²) in [7, 11) is 0. The summed E-state index contributed by atoms with van der Waals surface area (Å²) < 4.78 is 2.16. The van der Waals surface area contributed by atoms with Crippen LogP contribution in [0.3, 0.4) is 0 Å². The van der Waals surface area contributed by atoms with Gasteiger partial charge in [-0.1, -0.05) is 0 Å². The van der Waals surface area contributed by atoms with E-state index in [1.54, 1.807) is 0 Å². The van der Waals surface area contributed by atoms with E-state index < -0.39 is 0 Å². The highest BCUT2D eigenvalue weighted by molar-refractivity contribution is 4.89. The van der Waals surface area contributed by atoms with Crippen molar-refractivity contribution in [1.29, 1.82) is 0 Å². The van der Waals surface area contributed by atoms with Gasteiger partial charge in [-0.2, -0.15) is 0 Å². The van der Waals surface area contributed by atoms with E-state index in [0.717, 1.165) is 31.5 Å². The summed E-state index contributed by atoms with van der Waals surface area (Å²) in [5, 5.41) is 11.7. The van der Waals surface area contributed by atoms with Crippen molar-refractivity contribution in [3.8, 4) is 0 Å². The first-order chi connectivity index (χ1) is 8.42. The van der Waals surface area contributed by atoms with Crippen molar-refractivity contribution in [2.75, 3.05) is 19.6 Å². The first-order valence-corrected chi connectivity index (χ1v) is 6.74. The van der Waals surface area contributed by atoms with Crippen molar-refractivity contribution < 1.29 is 0 Å². The van der Waals surface area contributed by atoms with Crippen LogP contribution >= 0.6 is 0 Å². The van der Waals surface area contributed by atoms with Gasteiger partial charge < -0.3 is 9.88 Å². The first kappa shape index (κ1) is 11.2. The zero-order valence-corrected chi connectivity index (χ0v) is 10.3. The molecule has 0 amide bonds. The summed E-state index contributed by atoms with van der Waals surface area (Å²) in [4.78, 5) is 2.50. The lowest BCUT2D eigenvalue weighted by Crippen LogP contribution is -2.35. The lowest BCUT2D eigenvalue weighted by atomic mass is 10.1. The Hall–Kier alpha value is -0.940. The summed E-state index contributed by atoms with van der Waals surface area (Å²) in [6, 6.07) is 0.781. The lowest BCUT2D eigenvalue weighted by molar-refractivity contribution is 0.210. The highest BCUT2D eigenvalue weighted by Crippen LogP contribution is 2.13. The minimum Gasteiger partial charge on any atom is -0.315 e. The number of nitrogens with zero attached hydrogens (tertiary/aromatic N) is 4. The summed E-state index contributed by atoms with van der Waals surface area (Å²) in [5.41, 5.74) is 0. The monoisotopic (exact) mass is 235 g/mol. The van der Waals surface area contributed by atoms with Crippen molar-refractivity contribution >= 4 is 0 Å². The molecule has 0 spiro atoms. The number of fused-ring (bicyclic) bond motifs is 1. The van der Waals surface area contributed by atoms with Crippen molar-refractivity contribution in [1.82, 2.24) is 25.0 Å². The number of rotatable bonds is 4. The molecule has 94 valence electrons. The predicted molar refractivity (Wildman–Crippen MR) is 65.6 cm³/mol. The van der Waals surface area contributed by atoms with Gasteiger partial charge in [0.1, 0.15) is 12.2 Å². The van der Waals surface area contributed by atoms with E-state index >= 15 is 0 Å². The van der Waals surface area contributed by atoms with Gasteiger partial charge in [-0.25, -0.2) is 0 Å². The number of hydrogen-bond donors (Lipinski definition) is 1. The fourth-order valence-corrected chi connectivity index (χ4v) is 2.87. The Labute approximate surface area is 102 Å². The maximum Gasteiger partial charge on any atom is 0.147 e. The molecule has 1 aromatic rings. The zero-order valence-electron chi connectivity index (χ0n) is 10.3. The van der Waals surface area contributed by atoms with Crippen LogP contribution in [0.1, 0.15) is 31.5 Å². The van der Waals surface area contributed by atoms with E-state index in [2.05, 4.69) is 25.0 Å². The van der Waals surface area contributed by atoms with E-state index in [0.29, 0.717) is 0 Å². The van der Waals surface area contributed by atoms with Gasteiger partial charge in [-0.15, -0.1) is 10.2 Å². The molecule has 1 unspecified atom stereocenters. The average molecular weight is 235 g/mol. The van der Waals surface area contributed by atoms with E-state index in [4.69, 9.17) is 0 Å². The van der Waals surface area contributed by atoms with Crippen LogP contribution in [0.2, 0.25) is 0 Å². The van der Waals surface area contributed by atoms with Crippen molar-refractivity contribution in [2.45, 2.75) is 44.8 Å². The molecule has 1 N–H and O–H groups in total. The molecule has 1 aromatic heterocycles. The van der Waals surface area contributed by atoms with E-state index in [1.807, 2.05) is 6.33 Å². The molecule has 3 rings (SSSR count). The summed E-state index contributed by atoms with van der Waals surface area (Å²) >= 11 is 0. The second-order valence-corrected chi connectivity index (χ2v) is 5.15. The van der Waals surface area contributed by atoms with E-state index in [9.17, 15) is 0 Å². The summed E-state index contributed by atoms with van der Waals surface area (Å²) in [5.74, 6) is 1.12. The Bertz CT molecular complexity index is 356. The SMILES string of the molecule is c1nnc2n1CCN(CCCC1CCCN1)C2. The second-order valence-electron chi connectivity index (χ2n) is 5.15. The molecule has 0 saturated carbocycles. The Morgan fingerprint density at radius 2 is 2.41 bits per heavy atom. The van der Waals surface area contributed by atoms with Crippen molar-refractivity contribution in [3.05, 3.63) is 12.2 Å². The topological polar surface area (TPSA) is 46.0 Å². The molecule has 2 aliphatic heterocycles. The van der Waals surface area contributed by atoms with Gasteiger partial charge in [0.05, 0.1) is 6.54 Å². The maximum atomic E-state index is 4.15. The third-order valence-electron chi connectivity index (χ3n) is 3.91. The van der Waals surface area contributed by atoms with Crippen LogP contribution in [0, 0.1) is 0 Å². The molecular weight excluding hydrogens is 214 g/mol. The predicted octanol–water partition coefficient (Wildman–Crippen LogP) is 0.626. The number of aromatic nitrogens is 3. The van der Waals surface area contributed by atoms with Gasteiger partial charge in [0, 0.05) is 19.1 Å². The third kappa shape index (κ3) is 2.66. The van der Waals surface area contributed by atoms with Gasteiger partial charge in [0.15, 0.2) is 0 Å². The van der Waals surface area contributed by atoms with Gasteiger partial charge in [-0.3, -0.25) is 4.90 Å². The fraction of sp³-hybridized carbons (Fsp3) is 0.833. The minimum absolute atomic E-state index is 0.781. The smallest absolute Gasteiger partial charge is 0.147 e. The van der Waals surface area contributed by atoms with Crippen LogP contribution in [-0.4, -0.2) is 45.3 Å². The quantitative estimate of drug-likeness (QED) is 0.831. The van der Waals surface area contributed by atoms with Crippen molar-refractivity contribution in [2.24, 2.45) is 0 Å². The second kappa shape index (κ2) is 5.14. The molecular formula is C12H21N5. The van der Waals surface area contributed by atoms with Crippen LogP contribution in [0.5, 0.6) is 0 Å². The highest BCUT2D eigenvalue weighted by Gasteiger charge is 2.18. The number of nitrogens with one attached hydrogen (secondary N) is 1. The third-order valence-corrected chi connectivity index (χ3v) is 3.91. The summed E-state index contributed by atoms with van der Waals surface area (Å²) in [6.07, 6.45) is 7.19. The Morgan fingerprint density at radius 1 is 1.41 bits per heavy atom. The van der Waals surface area contributed by atoms with Crippen LogP contribution in [-0.2, 0) is 13.1 Å². The van der Waals surface area contributed by atoms with E-state index in [1.165, 1.54) is 38.8 Å². The maximum absolute atomic E-state index is 4.15. The Kier molecular flexibility index (Phi) is 3.38. The molecule has 1 saturated heterocycles. The van der Waals surface area contributed by atoms with Gasteiger partial charge >= 0.3 is 0 Å².